The number of aromatic nitrogens is 3. The second-order valence-corrected chi connectivity index (χ2v) is 11.0. The zero-order chi connectivity index (χ0) is 30.0. The van der Waals surface area contributed by atoms with Crippen LogP contribution in [0.3, 0.4) is 0 Å². The van der Waals surface area contributed by atoms with Crippen molar-refractivity contribution in [2.75, 3.05) is 32.5 Å². The molecule has 0 radical (unpaired) electrons. The molecule has 0 bridgehead atoms. The molecule has 0 aliphatic carbocycles. The number of carbonyl (C=O) groups is 1. The lowest BCUT2D eigenvalue weighted by molar-refractivity contribution is -0.139. The molecule has 0 aliphatic rings. The third kappa shape index (κ3) is 6.24. The Morgan fingerprint density at radius 2 is 1.86 bits per heavy atom. The van der Waals surface area contributed by atoms with Crippen LogP contribution in [0.4, 0.5) is 19.0 Å². The Hall–Kier alpha value is -4.42. The lowest BCUT2D eigenvalue weighted by Gasteiger charge is -2.19. The van der Waals surface area contributed by atoms with Crippen LogP contribution in [0.15, 0.2) is 73.2 Å². The second-order valence-electron chi connectivity index (χ2n) is 9.97. The Kier molecular flexibility index (Phi) is 8.19. The summed E-state index contributed by atoms with van der Waals surface area (Å²) in [4.78, 5) is 23.5. The second kappa shape index (κ2) is 11.8. The van der Waals surface area contributed by atoms with E-state index in [1.165, 1.54) is 25.1 Å². The predicted octanol–water partition coefficient (Wildman–Crippen LogP) is 6.38. The number of imidazole rings is 1. The SMILES string of the molecule is C[C@@H](Oc1cc(-n2cnc3cc(-c4ccc(NCCN(C)C)nc4)ccc32)sc1C(N)=O)c1ccccc1C(F)(F)F. The quantitative estimate of drug-likeness (QED) is 0.195. The van der Waals surface area contributed by atoms with Gasteiger partial charge in [-0.3, -0.25) is 9.36 Å². The van der Waals surface area contributed by atoms with Gasteiger partial charge in [0.05, 0.1) is 16.6 Å². The molecule has 42 heavy (non-hydrogen) atoms. The summed E-state index contributed by atoms with van der Waals surface area (Å²) in [5.74, 6) is 0.162. The highest BCUT2D eigenvalue weighted by atomic mass is 32.1. The van der Waals surface area contributed by atoms with Gasteiger partial charge in [-0.1, -0.05) is 24.3 Å². The molecule has 0 unspecified atom stereocenters. The Morgan fingerprint density at radius 1 is 1.10 bits per heavy atom. The van der Waals surface area contributed by atoms with Crippen LogP contribution in [-0.4, -0.2) is 52.5 Å². The van der Waals surface area contributed by atoms with Crippen LogP contribution < -0.4 is 15.8 Å². The molecule has 12 heteroatoms. The Morgan fingerprint density at radius 3 is 2.55 bits per heavy atom. The fourth-order valence-corrected chi connectivity index (χ4v) is 5.48. The first-order valence-electron chi connectivity index (χ1n) is 13.1. The molecule has 0 fully saturated rings. The molecule has 218 valence electrons. The number of ether oxygens (including phenoxy) is 1. The van der Waals surface area contributed by atoms with E-state index in [0.717, 1.165) is 53.0 Å². The zero-order valence-electron chi connectivity index (χ0n) is 23.1. The van der Waals surface area contributed by atoms with E-state index < -0.39 is 23.8 Å². The average molecular weight is 595 g/mol. The molecule has 8 nitrogen and oxygen atoms in total. The lowest BCUT2D eigenvalue weighted by Crippen LogP contribution is -2.21. The number of fused-ring (bicyclic) bond motifs is 1. The van der Waals surface area contributed by atoms with Crippen LogP contribution in [0.2, 0.25) is 0 Å². The summed E-state index contributed by atoms with van der Waals surface area (Å²) in [6, 6.07) is 16.5. The molecular formula is C30H29F3N6O2S. The zero-order valence-corrected chi connectivity index (χ0v) is 24.0. The van der Waals surface area contributed by atoms with E-state index in [9.17, 15) is 18.0 Å². The standard InChI is InChI=1S/C30H29F3N6O2S/c1-18(21-6-4-5-7-22(21)30(31,32)33)41-25-15-27(42-28(25)29(34)40)39-17-37-23-14-19(8-10-24(23)39)20-9-11-26(36-16-20)35-12-13-38(2)3/h4-11,14-18H,12-13H2,1-3H3,(H2,34,40)(H,35,36)/t18-/m1/s1. The average Bonchev–Trinajstić information content (AvgIpc) is 3.56. The van der Waals surface area contributed by atoms with Gasteiger partial charge in [0.25, 0.3) is 5.91 Å². The van der Waals surface area contributed by atoms with Crippen LogP contribution >= 0.6 is 11.3 Å². The number of alkyl halides is 3. The number of halogens is 3. The van der Waals surface area contributed by atoms with Crippen molar-refractivity contribution in [2.24, 2.45) is 5.73 Å². The molecule has 0 aliphatic heterocycles. The molecule has 5 aromatic rings. The first kappa shape index (κ1) is 29.1. The van der Waals surface area contributed by atoms with Crippen molar-refractivity contribution < 1.29 is 22.7 Å². The Balaban J connectivity index is 1.40. The van der Waals surface area contributed by atoms with Crippen molar-refractivity contribution in [3.8, 4) is 21.9 Å². The number of nitrogens with two attached hydrogens (primary N) is 1. The number of carbonyl (C=O) groups excluding carboxylic acids is 1. The molecule has 3 aromatic heterocycles. The predicted molar refractivity (Wildman–Crippen MR) is 158 cm³/mol. The van der Waals surface area contributed by atoms with Gasteiger partial charge >= 0.3 is 6.18 Å². The molecule has 0 saturated carbocycles. The summed E-state index contributed by atoms with van der Waals surface area (Å²) in [6.45, 7) is 3.18. The van der Waals surface area contributed by atoms with Gasteiger partial charge in [-0.25, -0.2) is 9.97 Å². The van der Waals surface area contributed by atoms with Crippen molar-refractivity contribution >= 4 is 34.1 Å². The molecule has 3 heterocycles. The van der Waals surface area contributed by atoms with Crippen molar-refractivity contribution in [1.82, 2.24) is 19.4 Å². The number of hydrogen-bond acceptors (Lipinski definition) is 7. The molecule has 0 saturated heterocycles. The molecule has 2 aromatic carbocycles. The van der Waals surface area contributed by atoms with E-state index in [-0.39, 0.29) is 16.2 Å². The number of nitrogens with zero attached hydrogens (tertiary/aromatic N) is 4. The third-order valence-electron chi connectivity index (χ3n) is 6.66. The van der Waals surface area contributed by atoms with Crippen molar-refractivity contribution in [3.05, 3.63) is 89.2 Å². The van der Waals surface area contributed by atoms with Crippen molar-refractivity contribution in [3.63, 3.8) is 0 Å². The van der Waals surface area contributed by atoms with Gasteiger partial charge in [-0.05, 0) is 56.9 Å². The minimum Gasteiger partial charge on any atom is -0.484 e. The summed E-state index contributed by atoms with van der Waals surface area (Å²) < 4.78 is 48.4. The molecule has 1 amide bonds. The van der Waals surface area contributed by atoms with E-state index in [1.54, 1.807) is 23.2 Å². The number of primary amides is 1. The molecule has 3 N–H and O–H groups in total. The van der Waals surface area contributed by atoms with Crippen LogP contribution in [0.25, 0.3) is 27.2 Å². The maximum absolute atomic E-state index is 13.6. The van der Waals surface area contributed by atoms with Crippen molar-refractivity contribution in [1.29, 1.82) is 0 Å². The highest BCUT2D eigenvalue weighted by Gasteiger charge is 2.35. The highest BCUT2D eigenvalue weighted by molar-refractivity contribution is 7.16. The van der Waals surface area contributed by atoms with Gasteiger partial charge in [0.15, 0.2) is 0 Å². The number of hydrogen-bond donors (Lipinski definition) is 2. The van der Waals surface area contributed by atoms with Gasteiger partial charge < -0.3 is 20.7 Å². The number of likely N-dealkylation sites (N-methyl/N-ethyl adjacent to an activating group) is 1. The van der Waals surface area contributed by atoms with Gasteiger partial charge in [0, 0.05) is 36.5 Å². The van der Waals surface area contributed by atoms with E-state index in [4.69, 9.17) is 10.5 Å². The largest absolute Gasteiger partial charge is 0.484 e. The first-order valence-corrected chi connectivity index (χ1v) is 13.9. The summed E-state index contributed by atoms with van der Waals surface area (Å²) in [6.07, 6.45) is -2.12. The number of pyridine rings is 1. The van der Waals surface area contributed by atoms with Crippen LogP contribution in [0.1, 0.15) is 33.8 Å². The van der Waals surface area contributed by atoms with Crippen LogP contribution in [-0.2, 0) is 6.18 Å². The summed E-state index contributed by atoms with van der Waals surface area (Å²) >= 11 is 1.08. The van der Waals surface area contributed by atoms with Gasteiger partial charge in [0.2, 0.25) is 0 Å². The summed E-state index contributed by atoms with van der Waals surface area (Å²) in [5, 5.41) is 3.87. The molecule has 1 atom stereocenters. The van der Waals surface area contributed by atoms with E-state index in [0.29, 0.717) is 10.5 Å². The van der Waals surface area contributed by atoms with Gasteiger partial charge in [-0.2, -0.15) is 13.2 Å². The van der Waals surface area contributed by atoms with E-state index >= 15 is 0 Å². The number of benzene rings is 2. The lowest BCUT2D eigenvalue weighted by atomic mass is 10.0. The monoisotopic (exact) mass is 594 g/mol. The van der Waals surface area contributed by atoms with Gasteiger partial charge in [0.1, 0.15) is 33.9 Å². The first-order chi connectivity index (χ1) is 20.0. The van der Waals surface area contributed by atoms with Crippen molar-refractivity contribution in [2.45, 2.75) is 19.2 Å². The fourth-order valence-electron chi connectivity index (χ4n) is 4.55. The number of thiophene rings is 1. The maximum atomic E-state index is 13.6. The van der Waals surface area contributed by atoms with Gasteiger partial charge in [-0.15, -0.1) is 11.3 Å². The Bertz CT molecular complexity index is 1710. The highest BCUT2D eigenvalue weighted by Crippen LogP contribution is 2.39. The minimum absolute atomic E-state index is 0.0411. The number of nitrogens with one attached hydrogen (secondary N) is 1. The number of anilines is 1. The smallest absolute Gasteiger partial charge is 0.416 e. The summed E-state index contributed by atoms with van der Waals surface area (Å²) in [7, 11) is 4.03. The normalized spacial score (nSPS) is 12.5. The molecular weight excluding hydrogens is 565 g/mol. The maximum Gasteiger partial charge on any atom is 0.416 e. The van der Waals surface area contributed by atoms with Crippen LogP contribution in [0.5, 0.6) is 5.75 Å². The Labute approximate surface area is 244 Å². The van der Waals surface area contributed by atoms with Crippen LogP contribution in [0, 0.1) is 0 Å². The topological polar surface area (TPSA) is 98.3 Å². The minimum atomic E-state index is -4.55. The molecule has 5 rings (SSSR count). The third-order valence-corrected chi connectivity index (χ3v) is 7.79. The molecule has 0 spiro atoms. The number of amides is 1. The fraction of sp³-hybridized carbons (Fsp3) is 0.233. The van der Waals surface area contributed by atoms with E-state index in [2.05, 4.69) is 20.2 Å². The summed E-state index contributed by atoms with van der Waals surface area (Å²) in [5.41, 5.74) is 8.13. The number of rotatable bonds is 10. The van der Waals surface area contributed by atoms with E-state index in [1.807, 2.05) is 44.4 Å².